The van der Waals surface area contributed by atoms with Gasteiger partial charge >= 0.3 is 0 Å². The number of ether oxygens (including phenoxy) is 2. The highest BCUT2D eigenvalue weighted by atomic mass is 16.5. The van der Waals surface area contributed by atoms with Gasteiger partial charge < -0.3 is 19.7 Å². The number of rotatable bonds is 5. The van der Waals surface area contributed by atoms with Crippen molar-refractivity contribution in [3.8, 4) is 5.88 Å². The van der Waals surface area contributed by atoms with Gasteiger partial charge in [0.15, 0.2) is 0 Å². The summed E-state index contributed by atoms with van der Waals surface area (Å²) in [6, 6.07) is 2.94. The van der Waals surface area contributed by atoms with E-state index >= 15 is 0 Å². The van der Waals surface area contributed by atoms with Crippen LogP contribution in [0.3, 0.4) is 0 Å². The van der Waals surface area contributed by atoms with Crippen molar-refractivity contribution >= 4 is 5.82 Å². The Bertz CT molecular complexity index is 464. The van der Waals surface area contributed by atoms with Gasteiger partial charge in [-0.1, -0.05) is 0 Å². The van der Waals surface area contributed by atoms with Crippen molar-refractivity contribution in [2.75, 3.05) is 38.3 Å². The van der Waals surface area contributed by atoms with Crippen LogP contribution in [-0.4, -0.2) is 55.5 Å². The van der Waals surface area contributed by atoms with Crippen molar-refractivity contribution < 1.29 is 9.47 Å². The molecule has 1 saturated heterocycles. The Kier molecular flexibility index (Phi) is 4.03. The highest BCUT2D eigenvalue weighted by Gasteiger charge is 2.28. The van der Waals surface area contributed by atoms with Gasteiger partial charge in [-0.25, -0.2) is 4.98 Å². The average molecular weight is 278 g/mol. The van der Waals surface area contributed by atoms with E-state index in [0.29, 0.717) is 18.0 Å². The summed E-state index contributed by atoms with van der Waals surface area (Å²) in [7, 11) is 1.64. The van der Waals surface area contributed by atoms with E-state index in [4.69, 9.17) is 9.47 Å². The Hall–Kier alpha value is -1.40. The number of morpholine rings is 1. The van der Waals surface area contributed by atoms with E-state index in [1.807, 2.05) is 13.0 Å². The predicted octanol–water partition coefficient (Wildman–Crippen LogP) is 0.751. The Morgan fingerprint density at radius 3 is 3.05 bits per heavy atom. The molecule has 6 heteroatoms. The van der Waals surface area contributed by atoms with Crippen LogP contribution in [0, 0.1) is 6.92 Å². The lowest BCUT2D eigenvalue weighted by Crippen LogP contribution is -2.51. The van der Waals surface area contributed by atoms with Gasteiger partial charge in [-0.2, -0.15) is 4.98 Å². The van der Waals surface area contributed by atoms with Gasteiger partial charge in [0.2, 0.25) is 5.88 Å². The molecule has 20 heavy (non-hydrogen) atoms. The molecular weight excluding hydrogens is 256 g/mol. The fourth-order valence-corrected chi connectivity index (χ4v) is 2.49. The van der Waals surface area contributed by atoms with Gasteiger partial charge in [-0.15, -0.1) is 0 Å². The largest absolute Gasteiger partial charge is 0.481 e. The van der Waals surface area contributed by atoms with Gasteiger partial charge in [0.1, 0.15) is 11.6 Å². The molecule has 0 spiro atoms. The molecule has 1 N–H and O–H groups in total. The van der Waals surface area contributed by atoms with E-state index in [0.717, 1.165) is 37.9 Å². The number of hydrogen-bond donors (Lipinski definition) is 1. The molecule has 0 amide bonds. The van der Waals surface area contributed by atoms with Crippen molar-refractivity contribution in [3.05, 3.63) is 11.9 Å². The highest BCUT2D eigenvalue weighted by molar-refractivity contribution is 5.43. The summed E-state index contributed by atoms with van der Waals surface area (Å²) in [4.78, 5) is 11.1. The first-order valence-corrected chi connectivity index (χ1v) is 7.23. The first-order valence-electron chi connectivity index (χ1n) is 7.23. The number of nitrogens with one attached hydrogen (secondary N) is 1. The zero-order chi connectivity index (χ0) is 13.9. The van der Waals surface area contributed by atoms with Gasteiger partial charge in [-0.05, 0) is 19.8 Å². The van der Waals surface area contributed by atoms with Gasteiger partial charge in [0.05, 0.1) is 26.4 Å². The Morgan fingerprint density at radius 2 is 2.30 bits per heavy atom. The van der Waals surface area contributed by atoms with Crippen LogP contribution >= 0.6 is 0 Å². The highest BCUT2D eigenvalue weighted by Crippen LogP contribution is 2.23. The van der Waals surface area contributed by atoms with Crippen LogP contribution in [0.15, 0.2) is 6.07 Å². The summed E-state index contributed by atoms with van der Waals surface area (Å²) in [5.41, 5.74) is 0. The molecule has 1 saturated carbocycles. The molecule has 2 fully saturated rings. The molecule has 110 valence electrons. The maximum Gasteiger partial charge on any atom is 0.218 e. The molecule has 0 aromatic carbocycles. The molecule has 2 aliphatic rings. The number of methoxy groups -OCH3 is 1. The lowest BCUT2D eigenvalue weighted by atomic mass is 10.2. The van der Waals surface area contributed by atoms with E-state index in [1.54, 1.807) is 7.11 Å². The van der Waals surface area contributed by atoms with Crippen LogP contribution in [0.25, 0.3) is 0 Å². The minimum Gasteiger partial charge on any atom is -0.481 e. The molecule has 1 aromatic rings. The van der Waals surface area contributed by atoms with Gasteiger partial charge in [0, 0.05) is 25.2 Å². The molecule has 3 rings (SSSR count). The molecule has 1 aliphatic carbocycles. The standard InChI is InChI=1S/C14H22N4O2/c1-10-16-13(7-14(17-10)19-2)18-5-6-20-9-12(18)8-15-11-3-4-11/h7,11-12,15H,3-6,8-9H2,1-2H3. The summed E-state index contributed by atoms with van der Waals surface area (Å²) in [6.45, 7) is 5.17. The number of aromatic nitrogens is 2. The summed E-state index contributed by atoms with van der Waals surface area (Å²) in [6.07, 6.45) is 2.60. The minimum absolute atomic E-state index is 0.323. The third-order valence-electron chi connectivity index (χ3n) is 3.75. The van der Waals surface area contributed by atoms with Gasteiger partial charge in [0.25, 0.3) is 0 Å². The second kappa shape index (κ2) is 5.93. The average Bonchev–Trinajstić information content (AvgIpc) is 3.29. The lowest BCUT2D eigenvalue weighted by Gasteiger charge is -2.36. The quantitative estimate of drug-likeness (QED) is 0.858. The smallest absolute Gasteiger partial charge is 0.218 e. The third kappa shape index (κ3) is 3.19. The van der Waals surface area contributed by atoms with Crippen LogP contribution in [0.5, 0.6) is 5.88 Å². The molecule has 0 radical (unpaired) electrons. The monoisotopic (exact) mass is 278 g/mol. The summed E-state index contributed by atoms with van der Waals surface area (Å²) in [5, 5.41) is 3.57. The first-order chi connectivity index (χ1) is 9.76. The molecule has 6 nitrogen and oxygen atoms in total. The van der Waals surface area contributed by atoms with Crippen molar-refractivity contribution in [1.82, 2.24) is 15.3 Å². The van der Waals surface area contributed by atoms with Crippen LogP contribution < -0.4 is 15.0 Å². The fourth-order valence-electron chi connectivity index (χ4n) is 2.49. The van der Waals surface area contributed by atoms with Crippen molar-refractivity contribution in [2.45, 2.75) is 31.8 Å². The number of aryl methyl sites for hydroxylation is 1. The third-order valence-corrected chi connectivity index (χ3v) is 3.75. The van der Waals surface area contributed by atoms with E-state index in [2.05, 4.69) is 20.2 Å². The molecule has 1 aromatic heterocycles. The molecule has 1 unspecified atom stereocenters. The summed E-state index contributed by atoms with van der Waals surface area (Å²) < 4.78 is 10.9. The Balaban J connectivity index is 1.75. The zero-order valence-electron chi connectivity index (χ0n) is 12.1. The summed E-state index contributed by atoms with van der Waals surface area (Å²) >= 11 is 0. The van der Waals surface area contributed by atoms with E-state index in [9.17, 15) is 0 Å². The minimum atomic E-state index is 0.323. The van der Waals surface area contributed by atoms with E-state index in [1.165, 1.54) is 12.8 Å². The molecule has 2 heterocycles. The van der Waals surface area contributed by atoms with Crippen molar-refractivity contribution in [3.63, 3.8) is 0 Å². The Labute approximate surface area is 119 Å². The van der Waals surface area contributed by atoms with Crippen LogP contribution in [0.1, 0.15) is 18.7 Å². The first kappa shape index (κ1) is 13.6. The zero-order valence-corrected chi connectivity index (χ0v) is 12.1. The van der Waals surface area contributed by atoms with Crippen molar-refractivity contribution in [1.29, 1.82) is 0 Å². The number of hydrogen-bond acceptors (Lipinski definition) is 6. The fraction of sp³-hybridized carbons (Fsp3) is 0.714. The normalized spacial score (nSPS) is 22.9. The van der Waals surface area contributed by atoms with Crippen molar-refractivity contribution in [2.24, 2.45) is 0 Å². The van der Waals surface area contributed by atoms with Gasteiger partial charge in [-0.3, -0.25) is 0 Å². The van der Waals surface area contributed by atoms with E-state index < -0.39 is 0 Å². The van der Waals surface area contributed by atoms with Crippen LogP contribution in [0.2, 0.25) is 0 Å². The molecule has 0 bridgehead atoms. The predicted molar refractivity (Wildman–Crippen MR) is 76.3 cm³/mol. The van der Waals surface area contributed by atoms with Crippen LogP contribution in [-0.2, 0) is 4.74 Å². The second-order valence-electron chi connectivity index (χ2n) is 5.42. The maximum atomic E-state index is 5.62. The molecular formula is C14H22N4O2. The number of anilines is 1. The maximum absolute atomic E-state index is 5.62. The molecule has 1 aliphatic heterocycles. The lowest BCUT2D eigenvalue weighted by molar-refractivity contribution is 0.0931. The van der Waals surface area contributed by atoms with E-state index in [-0.39, 0.29) is 0 Å². The second-order valence-corrected chi connectivity index (χ2v) is 5.42. The Morgan fingerprint density at radius 1 is 1.45 bits per heavy atom. The number of nitrogens with zero attached hydrogens (tertiary/aromatic N) is 3. The SMILES string of the molecule is COc1cc(N2CCOCC2CNC2CC2)nc(C)n1. The van der Waals surface area contributed by atoms with Crippen LogP contribution in [0.4, 0.5) is 5.82 Å². The topological polar surface area (TPSA) is 59.5 Å². The summed E-state index contributed by atoms with van der Waals surface area (Å²) in [5.74, 6) is 2.29. The molecule has 1 atom stereocenters.